The Hall–Kier alpha value is -2.53. The van der Waals surface area contributed by atoms with E-state index in [2.05, 4.69) is 50.0 Å². The first-order valence-electron chi connectivity index (χ1n) is 11.3. The van der Waals surface area contributed by atoms with Crippen LogP contribution >= 0.6 is 0 Å². The van der Waals surface area contributed by atoms with Crippen LogP contribution in [0.1, 0.15) is 85.7 Å². The van der Waals surface area contributed by atoms with Crippen molar-refractivity contribution in [2.45, 2.75) is 70.6 Å². The molecule has 3 rings (SSSR count). The van der Waals surface area contributed by atoms with Crippen molar-refractivity contribution in [1.82, 2.24) is 0 Å². The van der Waals surface area contributed by atoms with Crippen molar-refractivity contribution in [2.24, 2.45) is 5.92 Å². The van der Waals surface area contributed by atoms with Gasteiger partial charge in [0.25, 0.3) is 0 Å². The Morgan fingerprint density at radius 1 is 1.07 bits per heavy atom. The minimum atomic E-state index is -0.911. The van der Waals surface area contributed by atoms with Crippen LogP contribution in [0, 0.1) is 24.7 Å². The predicted molar refractivity (Wildman–Crippen MR) is 125 cm³/mol. The molecule has 0 unspecified atom stereocenters. The second-order valence-electron chi connectivity index (χ2n) is 8.54. The molecule has 0 aliphatic heterocycles. The van der Waals surface area contributed by atoms with Crippen LogP contribution in [0.4, 0.5) is 0 Å². The van der Waals surface area contributed by atoms with E-state index in [-0.39, 0.29) is 0 Å². The number of benzene rings is 2. The van der Waals surface area contributed by atoms with Gasteiger partial charge in [0.1, 0.15) is 0 Å². The molecule has 30 heavy (non-hydrogen) atoms. The monoisotopic (exact) mass is 401 g/mol. The lowest BCUT2D eigenvalue weighted by atomic mass is 9.77. The maximum atomic E-state index is 11.3. The van der Waals surface area contributed by atoms with Crippen molar-refractivity contribution < 1.29 is 9.90 Å². The fourth-order valence-corrected chi connectivity index (χ4v) is 4.71. The molecule has 1 aliphatic carbocycles. The van der Waals surface area contributed by atoms with E-state index in [9.17, 15) is 9.90 Å². The topological polar surface area (TPSA) is 37.3 Å². The third-order valence-corrected chi connectivity index (χ3v) is 6.51. The van der Waals surface area contributed by atoms with Gasteiger partial charge < -0.3 is 5.11 Å². The number of unbranched alkanes of at least 4 members (excludes halogenated alkanes) is 2. The van der Waals surface area contributed by atoms with Crippen LogP contribution in [-0.2, 0) is 6.42 Å². The third-order valence-electron chi connectivity index (χ3n) is 6.51. The SMILES string of the molecule is [CH2]C#CCc1cc(C(=O)O)ccc1-c1ccc(C2CCC(CCCCC)CC2)cc1. The molecule has 0 heterocycles. The van der Waals surface area contributed by atoms with E-state index in [1.807, 2.05) is 6.07 Å². The van der Waals surface area contributed by atoms with Gasteiger partial charge in [0.2, 0.25) is 0 Å². The maximum absolute atomic E-state index is 11.3. The van der Waals surface area contributed by atoms with Crippen molar-refractivity contribution in [3.8, 4) is 23.0 Å². The molecule has 157 valence electrons. The van der Waals surface area contributed by atoms with E-state index < -0.39 is 5.97 Å². The Balaban J connectivity index is 1.70. The Morgan fingerprint density at radius 3 is 2.43 bits per heavy atom. The van der Waals surface area contributed by atoms with Crippen LogP contribution in [0.15, 0.2) is 42.5 Å². The molecular weight excluding hydrogens is 368 g/mol. The number of rotatable bonds is 8. The molecule has 0 spiro atoms. The van der Waals surface area contributed by atoms with Crippen molar-refractivity contribution in [3.63, 3.8) is 0 Å². The van der Waals surface area contributed by atoms with E-state index >= 15 is 0 Å². The lowest BCUT2D eigenvalue weighted by molar-refractivity contribution is 0.0697. The molecule has 2 nitrogen and oxygen atoms in total. The summed E-state index contributed by atoms with van der Waals surface area (Å²) in [5, 5.41) is 9.31. The summed E-state index contributed by atoms with van der Waals surface area (Å²) in [6.07, 6.45) is 11.3. The zero-order chi connectivity index (χ0) is 21.3. The number of hydrogen-bond acceptors (Lipinski definition) is 1. The minimum absolute atomic E-state index is 0.298. The van der Waals surface area contributed by atoms with Gasteiger partial charge in [-0.25, -0.2) is 4.79 Å². The number of carbonyl (C=O) groups is 1. The highest BCUT2D eigenvalue weighted by Gasteiger charge is 2.22. The smallest absolute Gasteiger partial charge is 0.335 e. The number of hydrogen-bond donors (Lipinski definition) is 1. The molecule has 2 heteroatoms. The van der Waals surface area contributed by atoms with E-state index in [1.165, 1.54) is 56.9 Å². The molecule has 2 aromatic rings. The summed E-state index contributed by atoms with van der Waals surface area (Å²) >= 11 is 0. The van der Waals surface area contributed by atoms with Crippen molar-refractivity contribution in [3.05, 3.63) is 66.1 Å². The summed E-state index contributed by atoms with van der Waals surface area (Å²) in [4.78, 5) is 11.3. The van der Waals surface area contributed by atoms with Crippen LogP contribution in [0.25, 0.3) is 11.1 Å². The summed E-state index contributed by atoms with van der Waals surface area (Å²) in [7, 11) is 0. The Morgan fingerprint density at radius 2 is 1.80 bits per heavy atom. The summed E-state index contributed by atoms with van der Waals surface area (Å²) in [6, 6.07) is 14.2. The average Bonchev–Trinajstić information content (AvgIpc) is 2.78. The zero-order valence-corrected chi connectivity index (χ0v) is 18.1. The summed E-state index contributed by atoms with van der Waals surface area (Å²) in [5.74, 6) is 6.33. The van der Waals surface area contributed by atoms with Crippen LogP contribution in [0.2, 0.25) is 0 Å². The first-order chi connectivity index (χ1) is 14.6. The Bertz CT molecular complexity index is 890. The fourth-order valence-electron chi connectivity index (χ4n) is 4.71. The normalized spacial score (nSPS) is 18.5. The van der Waals surface area contributed by atoms with Crippen molar-refractivity contribution in [1.29, 1.82) is 0 Å². The van der Waals surface area contributed by atoms with Gasteiger partial charge in [-0.2, -0.15) is 0 Å². The standard InChI is InChI=1S/C28H33O2/c1-3-5-7-8-21-10-12-22(13-11-21)23-14-16-24(17-15-23)27-19-18-26(28(29)30)20-25(27)9-6-4-2/h14-22H,2-3,5,7-13H2,1H3,(H,29,30). The summed E-state index contributed by atoms with van der Waals surface area (Å²) in [5.41, 5.74) is 4.84. The van der Waals surface area contributed by atoms with Crippen LogP contribution < -0.4 is 0 Å². The van der Waals surface area contributed by atoms with E-state index in [0.717, 1.165) is 22.6 Å². The fraction of sp³-hybridized carbons (Fsp3) is 0.429. The molecule has 2 aromatic carbocycles. The van der Waals surface area contributed by atoms with Gasteiger partial charge in [0.15, 0.2) is 0 Å². The number of carboxylic acids is 1. The molecule has 1 radical (unpaired) electrons. The van der Waals surface area contributed by atoms with Gasteiger partial charge >= 0.3 is 5.97 Å². The average molecular weight is 402 g/mol. The highest BCUT2D eigenvalue weighted by molar-refractivity contribution is 5.89. The zero-order valence-electron chi connectivity index (χ0n) is 18.1. The number of carboxylic acid groups (broad SMARTS) is 1. The summed E-state index contributed by atoms with van der Waals surface area (Å²) < 4.78 is 0. The molecule has 0 aromatic heterocycles. The highest BCUT2D eigenvalue weighted by atomic mass is 16.4. The molecular formula is C28H33O2. The lowest BCUT2D eigenvalue weighted by Gasteiger charge is -2.29. The van der Waals surface area contributed by atoms with Gasteiger partial charge in [0.05, 0.1) is 5.56 Å². The van der Waals surface area contributed by atoms with Crippen molar-refractivity contribution >= 4 is 5.97 Å². The quantitative estimate of drug-likeness (QED) is 0.372. The molecule has 0 saturated heterocycles. The second kappa shape index (κ2) is 11.0. The Labute approximate surface area is 181 Å². The summed E-state index contributed by atoms with van der Waals surface area (Å²) in [6.45, 7) is 5.85. The van der Waals surface area contributed by atoms with E-state index in [4.69, 9.17) is 0 Å². The van der Waals surface area contributed by atoms with Gasteiger partial charge in [-0.05, 0) is 71.9 Å². The predicted octanol–water partition coefficient (Wildman–Crippen LogP) is 7.29. The molecule has 0 amide bonds. The van der Waals surface area contributed by atoms with E-state index in [0.29, 0.717) is 17.9 Å². The van der Waals surface area contributed by atoms with Crippen LogP contribution in [0.5, 0.6) is 0 Å². The van der Waals surface area contributed by atoms with E-state index in [1.54, 1.807) is 12.1 Å². The van der Waals surface area contributed by atoms with Gasteiger partial charge in [-0.3, -0.25) is 0 Å². The molecule has 1 fully saturated rings. The molecule has 1 aliphatic rings. The van der Waals surface area contributed by atoms with Crippen LogP contribution in [-0.4, -0.2) is 11.1 Å². The molecule has 1 N–H and O–H groups in total. The maximum Gasteiger partial charge on any atom is 0.335 e. The second-order valence-corrected chi connectivity index (χ2v) is 8.54. The van der Waals surface area contributed by atoms with Crippen LogP contribution in [0.3, 0.4) is 0 Å². The lowest BCUT2D eigenvalue weighted by Crippen LogP contribution is -2.13. The van der Waals surface area contributed by atoms with Gasteiger partial charge in [-0.1, -0.05) is 68.9 Å². The molecule has 0 bridgehead atoms. The highest BCUT2D eigenvalue weighted by Crippen LogP contribution is 2.38. The van der Waals surface area contributed by atoms with Crippen molar-refractivity contribution in [2.75, 3.05) is 0 Å². The first-order valence-corrected chi connectivity index (χ1v) is 11.3. The number of aromatic carboxylic acids is 1. The van der Waals surface area contributed by atoms with Gasteiger partial charge in [-0.15, -0.1) is 5.92 Å². The first kappa shape index (κ1) is 22.2. The minimum Gasteiger partial charge on any atom is -0.478 e. The Kier molecular flexibility index (Phi) is 8.14. The molecule has 1 saturated carbocycles. The largest absolute Gasteiger partial charge is 0.478 e. The third kappa shape index (κ3) is 5.76. The molecule has 0 atom stereocenters. The van der Waals surface area contributed by atoms with Gasteiger partial charge in [0, 0.05) is 13.3 Å².